The topological polar surface area (TPSA) is 65.8 Å². The summed E-state index contributed by atoms with van der Waals surface area (Å²) >= 11 is 0. The maximum atomic E-state index is 12.8. The number of hydrogen-bond acceptors (Lipinski definition) is 4. The van der Waals surface area contributed by atoms with E-state index in [0.717, 1.165) is 50.1 Å². The molecule has 4 rings (SSSR count). The summed E-state index contributed by atoms with van der Waals surface area (Å²) < 4.78 is 1.93. The molecule has 0 radical (unpaired) electrons. The van der Waals surface area contributed by atoms with Crippen molar-refractivity contribution in [3.8, 4) is 0 Å². The van der Waals surface area contributed by atoms with Gasteiger partial charge >= 0.3 is 6.03 Å². The van der Waals surface area contributed by atoms with Crippen LogP contribution in [0.3, 0.4) is 0 Å². The molecule has 0 aromatic carbocycles. The third kappa shape index (κ3) is 3.53. The zero-order chi connectivity index (χ0) is 17.9. The van der Waals surface area contributed by atoms with Crippen molar-refractivity contribution in [2.45, 2.75) is 51.1 Å². The summed E-state index contributed by atoms with van der Waals surface area (Å²) in [7, 11) is 0. The van der Waals surface area contributed by atoms with Crippen LogP contribution in [0.15, 0.2) is 24.4 Å². The van der Waals surface area contributed by atoms with Gasteiger partial charge in [0.05, 0.1) is 6.04 Å². The molecule has 2 aliphatic rings. The molecule has 7 heteroatoms. The molecule has 2 fully saturated rings. The van der Waals surface area contributed by atoms with E-state index < -0.39 is 0 Å². The fourth-order valence-corrected chi connectivity index (χ4v) is 4.27. The Balaban J connectivity index is 1.36. The number of fused-ring (bicyclic) bond motifs is 1. The largest absolute Gasteiger partial charge is 0.328 e. The van der Waals surface area contributed by atoms with Crippen LogP contribution in [0.25, 0.3) is 5.65 Å². The molecule has 1 aliphatic carbocycles. The van der Waals surface area contributed by atoms with E-state index in [-0.39, 0.29) is 12.1 Å². The Kier molecular flexibility index (Phi) is 5.06. The Morgan fingerprint density at radius 1 is 1.12 bits per heavy atom. The monoisotopic (exact) mass is 356 g/mol. The highest BCUT2D eigenvalue weighted by molar-refractivity contribution is 5.74. The number of hydrogen-bond donors (Lipinski definition) is 1. The SMILES string of the molecule is CC(NC(=O)N1CCCN(C2CCCC2)CC1)c1nnc2ccccn12. The van der Waals surface area contributed by atoms with Crippen molar-refractivity contribution in [2.75, 3.05) is 26.2 Å². The minimum Gasteiger partial charge on any atom is -0.328 e. The molecular formula is C19H28N6O. The molecule has 0 bridgehead atoms. The molecule has 2 aromatic heterocycles. The van der Waals surface area contributed by atoms with Gasteiger partial charge in [-0.05, 0) is 38.3 Å². The van der Waals surface area contributed by atoms with Crippen LogP contribution >= 0.6 is 0 Å². The number of amides is 2. The Labute approximate surface area is 154 Å². The van der Waals surface area contributed by atoms with E-state index in [0.29, 0.717) is 0 Å². The van der Waals surface area contributed by atoms with Gasteiger partial charge in [-0.3, -0.25) is 9.30 Å². The second-order valence-electron chi connectivity index (χ2n) is 7.47. The predicted octanol–water partition coefficient (Wildman–Crippen LogP) is 2.45. The number of rotatable bonds is 3. The average Bonchev–Trinajstić information content (AvgIpc) is 3.26. The van der Waals surface area contributed by atoms with Crippen LogP contribution in [0, 0.1) is 0 Å². The molecule has 1 atom stereocenters. The fraction of sp³-hybridized carbons (Fsp3) is 0.632. The first kappa shape index (κ1) is 17.3. The van der Waals surface area contributed by atoms with Gasteiger partial charge < -0.3 is 10.2 Å². The minimum absolute atomic E-state index is 0.00143. The van der Waals surface area contributed by atoms with Crippen molar-refractivity contribution in [1.29, 1.82) is 0 Å². The van der Waals surface area contributed by atoms with E-state index in [4.69, 9.17) is 0 Å². The molecule has 1 saturated carbocycles. The molecule has 1 N–H and O–H groups in total. The molecule has 2 aromatic rings. The van der Waals surface area contributed by atoms with Gasteiger partial charge in [0.2, 0.25) is 0 Å². The van der Waals surface area contributed by atoms with Crippen LogP contribution in [-0.2, 0) is 0 Å². The average molecular weight is 356 g/mol. The zero-order valence-electron chi connectivity index (χ0n) is 15.5. The number of aromatic nitrogens is 3. The normalized spacial score (nSPS) is 21.0. The van der Waals surface area contributed by atoms with E-state index in [9.17, 15) is 4.79 Å². The lowest BCUT2D eigenvalue weighted by Crippen LogP contribution is -2.44. The maximum Gasteiger partial charge on any atom is 0.318 e. The molecule has 3 heterocycles. The van der Waals surface area contributed by atoms with E-state index >= 15 is 0 Å². The van der Waals surface area contributed by atoms with Crippen LogP contribution in [0.2, 0.25) is 0 Å². The van der Waals surface area contributed by atoms with E-state index in [1.54, 1.807) is 0 Å². The van der Waals surface area contributed by atoms with Crippen LogP contribution in [0.4, 0.5) is 4.79 Å². The first-order valence-corrected chi connectivity index (χ1v) is 9.81. The lowest BCUT2D eigenvalue weighted by molar-refractivity contribution is 0.185. The third-order valence-electron chi connectivity index (χ3n) is 5.73. The number of carbonyl (C=O) groups excluding carboxylic acids is 1. The summed E-state index contributed by atoms with van der Waals surface area (Å²) in [4.78, 5) is 17.3. The van der Waals surface area contributed by atoms with Crippen LogP contribution in [0.1, 0.15) is 50.9 Å². The Hall–Kier alpha value is -2.15. The van der Waals surface area contributed by atoms with Crippen molar-refractivity contribution >= 4 is 11.7 Å². The molecular weight excluding hydrogens is 328 g/mol. The molecule has 140 valence electrons. The standard InChI is InChI=1S/C19H28N6O/c1-15(18-22-21-17-9-4-5-12-25(17)18)20-19(26)24-11-6-10-23(13-14-24)16-7-2-3-8-16/h4-5,9,12,15-16H,2-3,6-8,10-11,13-14H2,1H3,(H,20,26). The molecule has 1 aliphatic heterocycles. The van der Waals surface area contributed by atoms with Gasteiger partial charge in [0.1, 0.15) is 0 Å². The van der Waals surface area contributed by atoms with Crippen molar-refractivity contribution < 1.29 is 4.79 Å². The van der Waals surface area contributed by atoms with Crippen molar-refractivity contribution in [2.24, 2.45) is 0 Å². The van der Waals surface area contributed by atoms with Gasteiger partial charge in [0.25, 0.3) is 0 Å². The Bertz CT molecular complexity index is 753. The molecule has 1 unspecified atom stereocenters. The van der Waals surface area contributed by atoms with Crippen molar-refractivity contribution in [3.63, 3.8) is 0 Å². The highest BCUT2D eigenvalue weighted by Crippen LogP contribution is 2.24. The van der Waals surface area contributed by atoms with E-state index in [2.05, 4.69) is 20.4 Å². The lowest BCUT2D eigenvalue weighted by Gasteiger charge is -2.27. The van der Waals surface area contributed by atoms with Gasteiger partial charge in [-0.15, -0.1) is 10.2 Å². The second kappa shape index (κ2) is 7.61. The summed E-state index contributed by atoms with van der Waals surface area (Å²) in [5.41, 5.74) is 0.797. The summed E-state index contributed by atoms with van der Waals surface area (Å²) in [5, 5.41) is 11.5. The fourth-order valence-electron chi connectivity index (χ4n) is 4.27. The smallest absolute Gasteiger partial charge is 0.318 e. The number of nitrogens with zero attached hydrogens (tertiary/aromatic N) is 5. The Morgan fingerprint density at radius 3 is 2.81 bits per heavy atom. The number of pyridine rings is 1. The van der Waals surface area contributed by atoms with Gasteiger partial charge in [-0.2, -0.15) is 0 Å². The van der Waals surface area contributed by atoms with Crippen LogP contribution in [-0.4, -0.2) is 62.6 Å². The van der Waals surface area contributed by atoms with E-state index in [1.165, 1.54) is 25.7 Å². The quantitative estimate of drug-likeness (QED) is 0.917. The molecule has 7 nitrogen and oxygen atoms in total. The summed E-state index contributed by atoms with van der Waals surface area (Å²) in [6.07, 6.45) is 8.33. The van der Waals surface area contributed by atoms with Gasteiger partial charge in [0.15, 0.2) is 11.5 Å². The Morgan fingerprint density at radius 2 is 1.96 bits per heavy atom. The van der Waals surface area contributed by atoms with E-state index in [1.807, 2.05) is 40.6 Å². The van der Waals surface area contributed by atoms with Gasteiger partial charge in [0, 0.05) is 38.4 Å². The maximum absolute atomic E-state index is 12.8. The number of urea groups is 1. The number of nitrogens with one attached hydrogen (secondary N) is 1. The lowest BCUT2D eigenvalue weighted by atomic mass is 10.2. The first-order chi connectivity index (χ1) is 12.7. The highest BCUT2D eigenvalue weighted by atomic mass is 16.2. The van der Waals surface area contributed by atoms with Gasteiger partial charge in [-0.25, -0.2) is 4.79 Å². The van der Waals surface area contributed by atoms with Gasteiger partial charge in [-0.1, -0.05) is 18.9 Å². The van der Waals surface area contributed by atoms with Crippen molar-refractivity contribution in [1.82, 2.24) is 29.7 Å². The summed E-state index contributed by atoms with van der Waals surface area (Å²) in [6, 6.07) is 6.34. The second-order valence-corrected chi connectivity index (χ2v) is 7.47. The minimum atomic E-state index is -0.186. The van der Waals surface area contributed by atoms with Crippen LogP contribution < -0.4 is 5.32 Å². The molecule has 1 saturated heterocycles. The van der Waals surface area contributed by atoms with Crippen molar-refractivity contribution in [3.05, 3.63) is 30.2 Å². The highest BCUT2D eigenvalue weighted by Gasteiger charge is 2.27. The molecule has 26 heavy (non-hydrogen) atoms. The predicted molar refractivity (Wildman–Crippen MR) is 100.0 cm³/mol. The summed E-state index contributed by atoms with van der Waals surface area (Å²) in [6.45, 7) is 5.68. The molecule has 0 spiro atoms. The summed E-state index contributed by atoms with van der Waals surface area (Å²) in [5.74, 6) is 0.761. The zero-order valence-corrected chi connectivity index (χ0v) is 15.5. The van der Waals surface area contributed by atoms with Crippen LogP contribution in [0.5, 0.6) is 0 Å². The number of carbonyl (C=O) groups is 1. The third-order valence-corrected chi connectivity index (χ3v) is 5.73. The molecule has 2 amide bonds. The first-order valence-electron chi connectivity index (χ1n) is 9.81.